The van der Waals surface area contributed by atoms with E-state index in [1.165, 1.54) is 13.5 Å². The summed E-state index contributed by atoms with van der Waals surface area (Å²) >= 11 is 0. The third-order valence-electron chi connectivity index (χ3n) is 6.86. The summed E-state index contributed by atoms with van der Waals surface area (Å²) in [6, 6.07) is 0.0786. The zero-order valence-corrected chi connectivity index (χ0v) is 18.9. The second-order valence-corrected chi connectivity index (χ2v) is 10.2. The van der Waals surface area contributed by atoms with Crippen LogP contribution in [0.4, 0.5) is 4.79 Å². The maximum absolute atomic E-state index is 13.2. The number of amides is 2. The van der Waals surface area contributed by atoms with Crippen LogP contribution in [0.25, 0.3) is 0 Å². The van der Waals surface area contributed by atoms with Crippen LogP contribution in [-0.2, 0) is 19.1 Å². The van der Waals surface area contributed by atoms with Crippen LogP contribution >= 0.6 is 0 Å². The highest BCUT2D eigenvalue weighted by Gasteiger charge is 2.47. The number of methoxy groups -OCH3 is 1. The van der Waals surface area contributed by atoms with E-state index in [0.717, 1.165) is 51.4 Å². The molecule has 1 N–H and O–H groups in total. The van der Waals surface area contributed by atoms with Gasteiger partial charge in [0.05, 0.1) is 13.5 Å². The number of fused-ring (bicyclic) bond motifs is 2. The lowest BCUT2D eigenvalue weighted by Crippen LogP contribution is -2.53. The van der Waals surface area contributed by atoms with Gasteiger partial charge in [0.2, 0.25) is 5.91 Å². The van der Waals surface area contributed by atoms with E-state index in [0.29, 0.717) is 5.91 Å². The van der Waals surface area contributed by atoms with Crippen molar-refractivity contribution in [1.82, 2.24) is 10.2 Å². The molecule has 30 heavy (non-hydrogen) atoms. The van der Waals surface area contributed by atoms with Crippen LogP contribution in [-0.4, -0.2) is 53.7 Å². The van der Waals surface area contributed by atoms with Crippen molar-refractivity contribution in [3.05, 3.63) is 0 Å². The molecular formula is C23H38N2O5. The first kappa shape index (κ1) is 22.9. The summed E-state index contributed by atoms with van der Waals surface area (Å²) in [6.45, 7) is 5.45. The molecule has 7 nitrogen and oxygen atoms in total. The van der Waals surface area contributed by atoms with Crippen LogP contribution in [0.3, 0.4) is 0 Å². The van der Waals surface area contributed by atoms with Crippen molar-refractivity contribution in [2.75, 3.05) is 7.11 Å². The van der Waals surface area contributed by atoms with E-state index < -0.39 is 11.7 Å². The van der Waals surface area contributed by atoms with E-state index in [9.17, 15) is 14.4 Å². The second-order valence-electron chi connectivity index (χ2n) is 10.2. The van der Waals surface area contributed by atoms with Gasteiger partial charge < -0.3 is 19.7 Å². The van der Waals surface area contributed by atoms with Crippen LogP contribution in [0.1, 0.15) is 85.0 Å². The monoisotopic (exact) mass is 422 g/mol. The summed E-state index contributed by atoms with van der Waals surface area (Å²) < 4.78 is 10.3. The molecule has 0 aromatic rings. The third kappa shape index (κ3) is 5.67. The lowest BCUT2D eigenvalue weighted by atomic mass is 9.81. The third-order valence-corrected chi connectivity index (χ3v) is 6.86. The van der Waals surface area contributed by atoms with Gasteiger partial charge in [-0.15, -0.1) is 0 Å². The topological polar surface area (TPSA) is 84.9 Å². The second kappa shape index (κ2) is 9.56. The van der Waals surface area contributed by atoms with Crippen LogP contribution < -0.4 is 5.32 Å². The predicted molar refractivity (Wildman–Crippen MR) is 113 cm³/mol. The first-order valence-corrected chi connectivity index (χ1v) is 11.6. The van der Waals surface area contributed by atoms with Crippen molar-refractivity contribution in [2.24, 2.45) is 11.8 Å². The number of hydrogen-bond acceptors (Lipinski definition) is 5. The molecule has 3 rings (SSSR count). The maximum atomic E-state index is 13.2. The Hall–Kier alpha value is -1.79. The molecule has 2 saturated heterocycles. The van der Waals surface area contributed by atoms with Crippen molar-refractivity contribution < 1.29 is 23.9 Å². The molecule has 3 atom stereocenters. The molecule has 2 unspecified atom stereocenters. The van der Waals surface area contributed by atoms with E-state index in [1.807, 2.05) is 20.8 Å². The number of alkyl carbamates (subject to hydrolysis) is 1. The number of nitrogens with zero attached hydrogens (tertiary/aromatic N) is 1. The normalized spacial score (nSPS) is 28.0. The summed E-state index contributed by atoms with van der Waals surface area (Å²) in [7, 11) is 1.36. The molecular weight excluding hydrogens is 384 g/mol. The van der Waals surface area contributed by atoms with Gasteiger partial charge in [0.15, 0.2) is 0 Å². The zero-order valence-electron chi connectivity index (χ0n) is 18.9. The van der Waals surface area contributed by atoms with Gasteiger partial charge in [-0.2, -0.15) is 0 Å². The molecule has 3 fully saturated rings. The van der Waals surface area contributed by atoms with Crippen molar-refractivity contribution in [2.45, 2.75) is 109 Å². The fourth-order valence-electron chi connectivity index (χ4n) is 5.53. The zero-order chi connectivity index (χ0) is 21.9. The van der Waals surface area contributed by atoms with Crippen molar-refractivity contribution in [1.29, 1.82) is 0 Å². The van der Waals surface area contributed by atoms with Gasteiger partial charge in [-0.05, 0) is 65.2 Å². The quantitative estimate of drug-likeness (QED) is 0.681. The minimum absolute atomic E-state index is 0.121. The molecule has 0 radical (unpaired) electrons. The molecule has 0 aromatic heterocycles. The number of carbonyl (C=O) groups excluding carboxylic acids is 3. The summed E-state index contributed by atoms with van der Waals surface area (Å²) in [5.74, 6) is 0.308. The fraction of sp³-hybridized carbons (Fsp3) is 0.870. The predicted octanol–water partition coefficient (Wildman–Crippen LogP) is 3.79. The van der Waals surface area contributed by atoms with Crippen LogP contribution in [0.2, 0.25) is 0 Å². The van der Waals surface area contributed by atoms with Crippen molar-refractivity contribution in [3.63, 3.8) is 0 Å². The minimum atomic E-state index is -0.602. The molecule has 1 aliphatic carbocycles. The molecule has 2 heterocycles. The number of ether oxygens (including phenoxy) is 2. The van der Waals surface area contributed by atoms with Crippen molar-refractivity contribution in [3.8, 4) is 0 Å². The number of hydrogen-bond donors (Lipinski definition) is 1. The Morgan fingerprint density at radius 2 is 1.60 bits per heavy atom. The van der Waals surface area contributed by atoms with Gasteiger partial charge in [0, 0.05) is 24.0 Å². The van der Waals surface area contributed by atoms with Gasteiger partial charge in [0.1, 0.15) is 5.60 Å². The molecule has 0 spiro atoms. The van der Waals surface area contributed by atoms with Crippen LogP contribution in [0.15, 0.2) is 0 Å². The van der Waals surface area contributed by atoms with E-state index in [-0.39, 0.29) is 42.4 Å². The van der Waals surface area contributed by atoms with Gasteiger partial charge in [-0.25, -0.2) is 4.79 Å². The molecule has 170 valence electrons. The molecule has 2 bridgehead atoms. The van der Waals surface area contributed by atoms with Crippen LogP contribution in [0, 0.1) is 11.8 Å². The first-order valence-electron chi connectivity index (χ1n) is 11.6. The largest absolute Gasteiger partial charge is 0.469 e. The molecule has 2 aliphatic heterocycles. The summed E-state index contributed by atoms with van der Waals surface area (Å²) in [5.41, 5.74) is -0.602. The summed E-state index contributed by atoms with van der Waals surface area (Å²) in [5, 5.41) is 2.92. The molecule has 3 aliphatic rings. The SMILES string of the molecule is COC(=O)C[C@@H](NC(=O)OC(C)(C)C)C1CC2CCC(C1)N2C(=O)C1CCCCC1. The molecule has 1 saturated carbocycles. The van der Waals surface area contributed by atoms with Gasteiger partial charge >= 0.3 is 12.1 Å². The Morgan fingerprint density at radius 3 is 2.13 bits per heavy atom. The highest BCUT2D eigenvalue weighted by molar-refractivity contribution is 5.80. The Kier molecular flexibility index (Phi) is 7.30. The minimum Gasteiger partial charge on any atom is -0.469 e. The van der Waals surface area contributed by atoms with Gasteiger partial charge in [0.25, 0.3) is 0 Å². The van der Waals surface area contributed by atoms with Gasteiger partial charge in [-0.1, -0.05) is 19.3 Å². The first-order chi connectivity index (χ1) is 14.2. The van der Waals surface area contributed by atoms with E-state index in [2.05, 4.69) is 10.2 Å². The standard InChI is InChI=1S/C23H38N2O5/c1-23(2,3)30-22(28)24-19(14-20(26)29-4)16-12-17-10-11-18(13-16)25(17)21(27)15-8-6-5-7-9-15/h15-19H,5-14H2,1-4H3,(H,24,28)/t16?,17?,18?,19-/m1/s1. The molecule has 7 heteroatoms. The van der Waals surface area contributed by atoms with Gasteiger partial charge in [-0.3, -0.25) is 9.59 Å². The number of carbonyl (C=O) groups is 3. The number of piperidine rings is 1. The Bertz CT molecular complexity index is 624. The maximum Gasteiger partial charge on any atom is 0.407 e. The molecule has 2 amide bonds. The lowest BCUT2D eigenvalue weighted by molar-refractivity contribution is -0.144. The lowest BCUT2D eigenvalue weighted by Gasteiger charge is -2.43. The summed E-state index contributed by atoms with van der Waals surface area (Å²) in [4.78, 5) is 39.8. The van der Waals surface area contributed by atoms with E-state index in [1.54, 1.807) is 0 Å². The highest BCUT2D eigenvalue weighted by atomic mass is 16.6. The Morgan fingerprint density at radius 1 is 1.00 bits per heavy atom. The van der Waals surface area contributed by atoms with Crippen molar-refractivity contribution >= 4 is 18.0 Å². The summed E-state index contributed by atoms with van der Waals surface area (Å²) in [6.07, 6.45) is 8.84. The van der Waals surface area contributed by atoms with Crippen LogP contribution in [0.5, 0.6) is 0 Å². The average Bonchev–Trinajstić information content (AvgIpc) is 2.95. The smallest absolute Gasteiger partial charge is 0.407 e. The Balaban J connectivity index is 1.67. The number of esters is 1. The number of nitrogens with one attached hydrogen (secondary N) is 1. The fourth-order valence-corrected chi connectivity index (χ4v) is 5.53. The number of rotatable bonds is 5. The van der Waals surface area contributed by atoms with E-state index >= 15 is 0 Å². The highest BCUT2D eigenvalue weighted by Crippen LogP contribution is 2.42. The Labute approximate surface area is 180 Å². The molecule has 0 aromatic carbocycles. The average molecular weight is 423 g/mol. The van der Waals surface area contributed by atoms with E-state index in [4.69, 9.17) is 9.47 Å².